The van der Waals surface area contributed by atoms with E-state index in [9.17, 15) is 9.59 Å². The van der Waals surface area contributed by atoms with E-state index in [0.717, 1.165) is 122 Å². The molecule has 0 radical (unpaired) electrons. The first-order valence-corrected chi connectivity index (χ1v) is 24.8. The summed E-state index contributed by atoms with van der Waals surface area (Å²) in [7, 11) is 0. The summed E-state index contributed by atoms with van der Waals surface area (Å²) in [5, 5.41) is 0. The molecule has 0 saturated carbocycles. The van der Waals surface area contributed by atoms with Crippen molar-refractivity contribution in [2.24, 2.45) is 0 Å². The Morgan fingerprint density at radius 3 is 1.20 bits per heavy atom. The summed E-state index contributed by atoms with van der Waals surface area (Å²) in [6, 6.07) is 0. The number of carbonyl (C=O) groups is 2. The number of ether oxygens (including phenoxy) is 3. The van der Waals surface area contributed by atoms with E-state index < -0.39 is 6.10 Å². The maximum atomic E-state index is 12.8. The molecule has 0 fully saturated rings. The molecule has 0 aliphatic carbocycles. The first-order valence-electron chi connectivity index (χ1n) is 24.8. The highest BCUT2D eigenvalue weighted by Crippen LogP contribution is 2.12. The molecule has 0 rings (SSSR count). The average molecular weight is 833 g/mol. The smallest absolute Gasteiger partial charge is 0.306 e. The van der Waals surface area contributed by atoms with E-state index in [1.165, 1.54) is 57.8 Å². The van der Waals surface area contributed by atoms with Gasteiger partial charge in [-0.05, 0) is 109 Å². The first kappa shape index (κ1) is 56.8. The highest BCUT2D eigenvalue weighted by Gasteiger charge is 2.17. The fraction of sp³-hybridized carbons (Fsp3) is 0.673. The summed E-state index contributed by atoms with van der Waals surface area (Å²) in [5.41, 5.74) is 0. The van der Waals surface area contributed by atoms with Crippen molar-refractivity contribution in [2.75, 3.05) is 19.8 Å². The number of esters is 2. The Kier molecular flexibility index (Phi) is 47.5. The summed E-state index contributed by atoms with van der Waals surface area (Å²) in [4.78, 5) is 25.3. The van der Waals surface area contributed by atoms with Crippen molar-refractivity contribution < 1.29 is 23.8 Å². The molecule has 0 bridgehead atoms. The van der Waals surface area contributed by atoms with Crippen LogP contribution in [0.25, 0.3) is 0 Å². The van der Waals surface area contributed by atoms with Gasteiger partial charge >= 0.3 is 11.9 Å². The van der Waals surface area contributed by atoms with Gasteiger partial charge in [0.15, 0.2) is 6.10 Å². The predicted molar refractivity (Wildman–Crippen MR) is 260 cm³/mol. The van der Waals surface area contributed by atoms with Crippen LogP contribution in [0, 0.1) is 0 Å². The lowest BCUT2D eigenvalue weighted by molar-refractivity contribution is -0.163. The van der Waals surface area contributed by atoms with Crippen molar-refractivity contribution >= 4 is 11.9 Å². The van der Waals surface area contributed by atoms with Gasteiger partial charge in [0.2, 0.25) is 0 Å². The van der Waals surface area contributed by atoms with Crippen LogP contribution in [-0.4, -0.2) is 37.9 Å². The number of allylic oxidation sites excluding steroid dienone is 16. The minimum absolute atomic E-state index is 0.0573. The van der Waals surface area contributed by atoms with Crippen LogP contribution in [0.1, 0.15) is 213 Å². The van der Waals surface area contributed by atoms with Crippen molar-refractivity contribution in [3.63, 3.8) is 0 Å². The molecule has 0 aromatic rings. The van der Waals surface area contributed by atoms with Crippen LogP contribution in [0.4, 0.5) is 0 Å². The molecule has 1 unspecified atom stereocenters. The van der Waals surface area contributed by atoms with Crippen molar-refractivity contribution in [1.29, 1.82) is 0 Å². The molecular weight excluding hydrogens is 741 g/mol. The lowest BCUT2D eigenvalue weighted by Gasteiger charge is -2.18. The topological polar surface area (TPSA) is 61.8 Å². The molecule has 0 spiro atoms. The highest BCUT2D eigenvalue weighted by atomic mass is 16.6. The second-order valence-corrected chi connectivity index (χ2v) is 16.0. The summed E-state index contributed by atoms with van der Waals surface area (Å²) < 4.78 is 17.3. The Bertz CT molecular complexity index is 1170. The van der Waals surface area contributed by atoms with Gasteiger partial charge < -0.3 is 14.2 Å². The zero-order valence-corrected chi connectivity index (χ0v) is 39.2. The van der Waals surface area contributed by atoms with E-state index in [4.69, 9.17) is 14.2 Å². The summed E-state index contributed by atoms with van der Waals surface area (Å²) in [6.45, 7) is 7.52. The predicted octanol–water partition coefficient (Wildman–Crippen LogP) is 16.7. The second kappa shape index (κ2) is 50.2. The minimum Gasteiger partial charge on any atom is -0.462 e. The number of carbonyl (C=O) groups excluding carboxylic acids is 2. The molecule has 0 amide bonds. The third-order valence-corrected chi connectivity index (χ3v) is 10.0. The second-order valence-electron chi connectivity index (χ2n) is 16.0. The van der Waals surface area contributed by atoms with Crippen LogP contribution in [0.3, 0.4) is 0 Å². The van der Waals surface area contributed by atoms with Gasteiger partial charge in [0, 0.05) is 19.4 Å². The van der Waals surface area contributed by atoms with Gasteiger partial charge in [-0.25, -0.2) is 0 Å². The average Bonchev–Trinajstić information content (AvgIpc) is 3.25. The van der Waals surface area contributed by atoms with Crippen LogP contribution < -0.4 is 0 Å². The maximum Gasteiger partial charge on any atom is 0.306 e. The fourth-order valence-corrected chi connectivity index (χ4v) is 6.40. The zero-order chi connectivity index (χ0) is 43.5. The number of rotatable bonds is 44. The maximum absolute atomic E-state index is 12.8. The van der Waals surface area contributed by atoms with Crippen LogP contribution in [-0.2, 0) is 23.8 Å². The number of unbranched alkanes of at least 4 members (excludes halogenated alkanes) is 17. The zero-order valence-electron chi connectivity index (χ0n) is 39.2. The molecule has 0 aliphatic heterocycles. The van der Waals surface area contributed by atoms with Gasteiger partial charge in [0.05, 0.1) is 6.61 Å². The third-order valence-electron chi connectivity index (χ3n) is 10.0. The Morgan fingerprint density at radius 2 is 0.750 bits per heavy atom. The monoisotopic (exact) mass is 833 g/mol. The fourth-order valence-electron chi connectivity index (χ4n) is 6.40. The highest BCUT2D eigenvalue weighted by molar-refractivity contribution is 5.70. The molecule has 60 heavy (non-hydrogen) atoms. The van der Waals surface area contributed by atoms with Crippen LogP contribution in [0.2, 0.25) is 0 Å². The normalized spacial score (nSPS) is 13.1. The standard InChI is InChI=1S/C55H92O5/c1-4-7-10-13-16-19-22-25-27-28-29-31-33-36-39-42-45-48-54(56)59-52-53(51-58-50-47-44-41-38-35-32-26-23-20-17-14-11-8-5-2)60-55(57)49-46-43-40-37-34-30-24-21-18-15-12-9-6-3/h7,10-12,14-16,19-21,23-25,27,29,31,53H,4-6,8-9,13,17-18,22,26,28,30,32-52H2,1-3H3/b10-7-,14-11-,15-12-,19-16-,23-20-,24-21-,27-25-,31-29-. The number of hydrogen-bond donors (Lipinski definition) is 0. The van der Waals surface area contributed by atoms with E-state index in [1.54, 1.807) is 0 Å². The van der Waals surface area contributed by atoms with Crippen molar-refractivity contribution in [3.05, 3.63) is 97.2 Å². The summed E-state index contributed by atoms with van der Waals surface area (Å²) in [6.07, 6.45) is 66.9. The molecule has 0 aromatic heterocycles. The summed E-state index contributed by atoms with van der Waals surface area (Å²) >= 11 is 0. The van der Waals surface area contributed by atoms with Crippen LogP contribution in [0.5, 0.6) is 0 Å². The Balaban J connectivity index is 4.36. The van der Waals surface area contributed by atoms with E-state index in [0.29, 0.717) is 19.4 Å². The molecule has 0 N–H and O–H groups in total. The van der Waals surface area contributed by atoms with Gasteiger partial charge in [-0.2, -0.15) is 0 Å². The van der Waals surface area contributed by atoms with Crippen molar-refractivity contribution in [3.8, 4) is 0 Å². The van der Waals surface area contributed by atoms with Gasteiger partial charge in [-0.3, -0.25) is 9.59 Å². The van der Waals surface area contributed by atoms with Crippen LogP contribution in [0.15, 0.2) is 97.2 Å². The van der Waals surface area contributed by atoms with Crippen molar-refractivity contribution in [2.45, 2.75) is 219 Å². The molecule has 0 heterocycles. The molecule has 0 aromatic carbocycles. The van der Waals surface area contributed by atoms with E-state index in [1.807, 2.05) is 0 Å². The van der Waals surface area contributed by atoms with E-state index in [2.05, 4.69) is 118 Å². The third kappa shape index (κ3) is 47.5. The minimum atomic E-state index is -0.564. The van der Waals surface area contributed by atoms with Gasteiger partial charge in [-0.15, -0.1) is 0 Å². The molecule has 5 heteroatoms. The van der Waals surface area contributed by atoms with Crippen molar-refractivity contribution in [1.82, 2.24) is 0 Å². The quantitative estimate of drug-likeness (QED) is 0.0348. The molecule has 0 saturated heterocycles. The first-order chi connectivity index (χ1) is 29.6. The van der Waals surface area contributed by atoms with Crippen LogP contribution >= 0.6 is 0 Å². The Hall–Kier alpha value is -3.18. The molecular formula is C55H92O5. The lowest BCUT2D eigenvalue weighted by Crippen LogP contribution is -2.30. The molecule has 1 atom stereocenters. The lowest BCUT2D eigenvalue weighted by atomic mass is 10.1. The van der Waals surface area contributed by atoms with E-state index >= 15 is 0 Å². The van der Waals surface area contributed by atoms with Gasteiger partial charge in [-0.1, -0.05) is 189 Å². The van der Waals surface area contributed by atoms with Gasteiger partial charge in [0.1, 0.15) is 6.61 Å². The Morgan fingerprint density at radius 1 is 0.383 bits per heavy atom. The number of hydrogen-bond acceptors (Lipinski definition) is 5. The Labute approximate surface area is 371 Å². The van der Waals surface area contributed by atoms with E-state index in [-0.39, 0.29) is 25.2 Å². The molecule has 0 aliphatic rings. The summed E-state index contributed by atoms with van der Waals surface area (Å²) in [5.74, 6) is -0.452. The molecule has 5 nitrogen and oxygen atoms in total. The molecule has 342 valence electrons. The van der Waals surface area contributed by atoms with Gasteiger partial charge in [0.25, 0.3) is 0 Å². The largest absolute Gasteiger partial charge is 0.462 e. The SMILES string of the molecule is CC/C=C\C/C=C\C/C=C\C/C=C\CCCCCCC(=O)OCC(COCCCCCCCC/C=C\C/C=C\CCC)OC(=O)CCCCCCC/C=C\C/C=C\CCC.